The van der Waals surface area contributed by atoms with E-state index in [1.807, 2.05) is 0 Å². The zero-order valence-electron chi connectivity index (χ0n) is 10.1. The molecule has 1 aliphatic carbocycles. The van der Waals surface area contributed by atoms with Crippen molar-refractivity contribution in [3.63, 3.8) is 0 Å². The number of hydrogen-bond acceptors (Lipinski definition) is 4. The molecule has 0 unspecified atom stereocenters. The maximum atomic E-state index is 11.7. The van der Waals surface area contributed by atoms with Crippen LogP contribution in [0.25, 0.3) is 0 Å². The van der Waals surface area contributed by atoms with E-state index in [2.05, 4.69) is 17.2 Å². The van der Waals surface area contributed by atoms with Crippen LogP contribution in [0.4, 0.5) is 5.13 Å². The largest absolute Gasteiger partial charge is 0.375 e. The summed E-state index contributed by atoms with van der Waals surface area (Å²) in [5.74, 6) is 1.38. The van der Waals surface area contributed by atoms with Crippen molar-refractivity contribution < 1.29 is 4.79 Å². The highest BCUT2D eigenvalue weighted by Crippen LogP contribution is 2.27. The van der Waals surface area contributed by atoms with Crippen LogP contribution in [-0.2, 0) is 0 Å². The molecule has 1 fully saturated rings. The minimum Gasteiger partial charge on any atom is -0.375 e. The fourth-order valence-corrected chi connectivity index (χ4v) is 2.80. The number of amides is 1. The lowest BCUT2D eigenvalue weighted by Crippen LogP contribution is -2.31. The van der Waals surface area contributed by atoms with Crippen LogP contribution in [-0.4, -0.2) is 17.4 Å². The molecule has 3 N–H and O–H groups in total. The number of carbonyl (C=O) groups excluding carboxylic acids is 1. The van der Waals surface area contributed by atoms with Crippen LogP contribution in [0.5, 0.6) is 0 Å². The topological polar surface area (TPSA) is 68.0 Å². The van der Waals surface area contributed by atoms with Crippen LogP contribution in [0.1, 0.15) is 43.1 Å². The van der Waals surface area contributed by atoms with Gasteiger partial charge in [0.05, 0.1) is 0 Å². The van der Waals surface area contributed by atoms with E-state index in [1.54, 1.807) is 5.38 Å². The molecule has 4 nitrogen and oxygen atoms in total. The smallest absolute Gasteiger partial charge is 0.270 e. The molecule has 17 heavy (non-hydrogen) atoms. The van der Waals surface area contributed by atoms with Crippen LogP contribution in [0, 0.1) is 11.8 Å². The Morgan fingerprint density at radius 3 is 2.82 bits per heavy atom. The van der Waals surface area contributed by atoms with Gasteiger partial charge in [-0.1, -0.05) is 19.8 Å². The normalized spacial score (nSPS) is 24.5. The summed E-state index contributed by atoms with van der Waals surface area (Å²) in [7, 11) is 0. The first kappa shape index (κ1) is 12.4. The molecule has 1 saturated carbocycles. The van der Waals surface area contributed by atoms with Crippen LogP contribution in [0.15, 0.2) is 5.38 Å². The second-order valence-electron chi connectivity index (χ2n) is 4.91. The van der Waals surface area contributed by atoms with E-state index in [4.69, 9.17) is 5.73 Å². The molecule has 1 aromatic heterocycles. The van der Waals surface area contributed by atoms with Crippen molar-refractivity contribution in [1.82, 2.24) is 10.3 Å². The summed E-state index contributed by atoms with van der Waals surface area (Å²) in [5, 5.41) is 5.09. The number of nitrogens with zero attached hydrogens (tertiary/aromatic N) is 1. The molecule has 0 aliphatic heterocycles. The van der Waals surface area contributed by atoms with Gasteiger partial charge in [0.25, 0.3) is 5.91 Å². The first-order valence-corrected chi connectivity index (χ1v) is 7.02. The molecule has 0 bridgehead atoms. The minimum absolute atomic E-state index is 0.100. The number of nitrogens with two attached hydrogens (primary N) is 1. The van der Waals surface area contributed by atoms with E-state index in [1.165, 1.54) is 37.0 Å². The van der Waals surface area contributed by atoms with Crippen molar-refractivity contribution in [2.75, 3.05) is 12.3 Å². The van der Waals surface area contributed by atoms with E-state index >= 15 is 0 Å². The number of nitrogen functional groups attached to an aromatic ring is 1. The Kier molecular flexibility index (Phi) is 3.99. The molecule has 1 aromatic rings. The number of anilines is 1. The Labute approximate surface area is 106 Å². The second kappa shape index (κ2) is 5.49. The number of rotatable bonds is 3. The van der Waals surface area contributed by atoms with Gasteiger partial charge in [0.15, 0.2) is 5.13 Å². The summed E-state index contributed by atoms with van der Waals surface area (Å²) in [6.07, 6.45) is 5.01. The number of hydrogen-bond donors (Lipinski definition) is 2. The Bertz CT molecular complexity index is 383. The van der Waals surface area contributed by atoms with Gasteiger partial charge in [-0.15, -0.1) is 11.3 Å². The van der Waals surface area contributed by atoms with E-state index in [-0.39, 0.29) is 5.91 Å². The van der Waals surface area contributed by atoms with Crippen molar-refractivity contribution in [3.05, 3.63) is 11.1 Å². The number of carbonyl (C=O) groups is 1. The third-order valence-corrected chi connectivity index (χ3v) is 4.12. The van der Waals surface area contributed by atoms with Crippen molar-refractivity contribution in [3.8, 4) is 0 Å². The molecule has 0 aromatic carbocycles. The van der Waals surface area contributed by atoms with Crippen LogP contribution >= 0.6 is 11.3 Å². The summed E-state index contributed by atoms with van der Waals surface area (Å²) in [6, 6.07) is 0. The lowest BCUT2D eigenvalue weighted by molar-refractivity contribution is 0.0937. The lowest BCUT2D eigenvalue weighted by atomic mass is 9.83. The fraction of sp³-hybridized carbons (Fsp3) is 0.667. The first-order valence-electron chi connectivity index (χ1n) is 6.14. The van der Waals surface area contributed by atoms with E-state index < -0.39 is 0 Å². The SMILES string of the molecule is CC1CCC(CNC(=O)c2csc(N)n2)CC1. The molecule has 1 heterocycles. The Hall–Kier alpha value is -1.10. The van der Waals surface area contributed by atoms with E-state index in [0.717, 1.165) is 12.5 Å². The minimum atomic E-state index is -0.100. The fourth-order valence-electron chi connectivity index (χ4n) is 2.25. The van der Waals surface area contributed by atoms with Crippen molar-refractivity contribution in [1.29, 1.82) is 0 Å². The average molecular weight is 253 g/mol. The standard InChI is InChI=1S/C12H19N3OS/c1-8-2-4-9(5-3-8)6-14-11(16)10-7-17-12(13)15-10/h7-9H,2-6H2,1H3,(H2,13,15)(H,14,16). The molecular formula is C12H19N3OS. The van der Waals surface area contributed by atoms with Crippen molar-refractivity contribution in [2.24, 2.45) is 11.8 Å². The molecule has 5 heteroatoms. The van der Waals surface area contributed by atoms with Crippen molar-refractivity contribution >= 4 is 22.4 Å². The molecule has 94 valence electrons. The summed E-state index contributed by atoms with van der Waals surface area (Å²) < 4.78 is 0. The summed E-state index contributed by atoms with van der Waals surface area (Å²) in [6.45, 7) is 3.07. The first-order chi connectivity index (χ1) is 8.15. The van der Waals surface area contributed by atoms with Gasteiger partial charge in [0.1, 0.15) is 5.69 Å². The Morgan fingerprint density at radius 2 is 2.24 bits per heavy atom. The Balaban J connectivity index is 1.76. The number of aromatic nitrogens is 1. The molecular weight excluding hydrogens is 234 g/mol. The molecule has 1 aliphatic rings. The molecule has 0 saturated heterocycles. The summed E-state index contributed by atoms with van der Waals surface area (Å²) in [4.78, 5) is 15.7. The zero-order chi connectivity index (χ0) is 12.3. The zero-order valence-corrected chi connectivity index (χ0v) is 10.9. The van der Waals surface area contributed by atoms with Crippen LogP contribution in [0.3, 0.4) is 0 Å². The van der Waals surface area contributed by atoms with Gasteiger partial charge >= 0.3 is 0 Å². The highest BCUT2D eigenvalue weighted by atomic mass is 32.1. The maximum absolute atomic E-state index is 11.7. The van der Waals surface area contributed by atoms with Gasteiger partial charge < -0.3 is 11.1 Å². The predicted octanol–water partition coefficient (Wildman–Crippen LogP) is 2.28. The number of nitrogens with one attached hydrogen (secondary N) is 1. The summed E-state index contributed by atoms with van der Waals surface area (Å²) >= 11 is 1.30. The summed E-state index contributed by atoms with van der Waals surface area (Å²) in [5.41, 5.74) is 5.94. The van der Waals surface area contributed by atoms with Gasteiger partial charge in [-0.05, 0) is 24.7 Å². The van der Waals surface area contributed by atoms with E-state index in [9.17, 15) is 4.79 Å². The molecule has 0 atom stereocenters. The van der Waals surface area contributed by atoms with Gasteiger partial charge in [-0.3, -0.25) is 4.79 Å². The van der Waals surface area contributed by atoms with Gasteiger partial charge in [-0.25, -0.2) is 4.98 Å². The monoisotopic (exact) mass is 253 g/mol. The second-order valence-corrected chi connectivity index (χ2v) is 5.80. The average Bonchev–Trinajstić information content (AvgIpc) is 2.75. The van der Waals surface area contributed by atoms with Crippen LogP contribution < -0.4 is 11.1 Å². The number of thiazole rings is 1. The third kappa shape index (κ3) is 3.43. The maximum Gasteiger partial charge on any atom is 0.270 e. The molecule has 2 rings (SSSR count). The third-order valence-electron chi connectivity index (χ3n) is 3.44. The van der Waals surface area contributed by atoms with Gasteiger partial charge in [0.2, 0.25) is 0 Å². The predicted molar refractivity (Wildman–Crippen MR) is 70.0 cm³/mol. The van der Waals surface area contributed by atoms with Crippen molar-refractivity contribution in [2.45, 2.75) is 32.6 Å². The highest BCUT2D eigenvalue weighted by molar-refractivity contribution is 7.13. The van der Waals surface area contributed by atoms with Gasteiger partial charge in [0, 0.05) is 11.9 Å². The Morgan fingerprint density at radius 1 is 1.53 bits per heavy atom. The lowest BCUT2D eigenvalue weighted by Gasteiger charge is -2.26. The van der Waals surface area contributed by atoms with E-state index in [0.29, 0.717) is 16.7 Å². The quantitative estimate of drug-likeness (QED) is 0.868. The van der Waals surface area contributed by atoms with Crippen LogP contribution in [0.2, 0.25) is 0 Å². The van der Waals surface area contributed by atoms with Gasteiger partial charge in [-0.2, -0.15) is 0 Å². The molecule has 1 amide bonds. The highest BCUT2D eigenvalue weighted by Gasteiger charge is 2.19. The molecule has 0 radical (unpaired) electrons. The molecule has 0 spiro atoms.